The summed E-state index contributed by atoms with van der Waals surface area (Å²) in [7, 11) is 0. The number of rotatable bonds is 4. The fourth-order valence-electron chi connectivity index (χ4n) is 10.3. The number of benzene rings is 10. The zero-order chi connectivity index (χ0) is 38.9. The van der Waals surface area contributed by atoms with Crippen LogP contribution in [0.25, 0.3) is 142 Å². The van der Waals surface area contributed by atoms with E-state index in [9.17, 15) is 0 Å². The van der Waals surface area contributed by atoms with Crippen LogP contribution >= 0.6 is 11.3 Å². The summed E-state index contributed by atoms with van der Waals surface area (Å²) in [6.07, 6.45) is 6.30. The molecule has 0 unspecified atom stereocenters. The molecule has 0 atom stereocenters. The maximum Gasteiger partial charge on any atom is 0.135 e. The molecule has 0 N–H and O–H groups in total. The van der Waals surface area contributed by atoms with Crippen molar-refractivity contribution in [2.45, 2.75) is 6.92 Å². The second kappa shape index (κ2) is 12.1. The average Bonchev–Trinajstić information content (AvgIpc) is 3.96. The molecular formula is C57H34OS. The van der Waals surface area contributed by atoms with Gasteiger partial charge in [0.05, 0.1) is 0 Å². The van der Waals surface area contributed by atoms with Crippen molar-refractivity contribution in [2.24, 2.45) is 0 Å². The van der Waals surface area contributed by atoms with Crippen molar-refractivity contribution in [3.05, 3.63) is 182 Å². The van der Waals surface area contributed by atoms with Crippen molar-refractivity contribution in [1.82, 2.24) is 0 Å². The average molecular weight is 767 g/mol. The molecule has 0 aliphatic heterocycles. The molecular weight excluding hydrogens is 733 g/mol. The lowest BCUT2D eigenvalue weighted by molar-refractivity contribution is 0.669. The summed E-state index contributed by atoms with van der Waals surface area (Å²) in [5, 5.41) is 15.2. The molecule has 0 saturated carbocycles. The Morgan fingerprint density at radius 2 is 1.03 bits per heavy atom. The van der Waals surface area contributed by atoms with E-state index in [2.05, 4.69) is 183 Å². The van der Waals surface area contributed by atoms with Crippen molar-refractivity contribution in [2.75, 3.05) is 0 Å². The third-order valence-corrected chi connectivity index (χ3v) is 14.1. The molecule has 0 saturated heterocycles. The van der Waals surface area contributed by atoms with Crippen molar-refractivity contribution in [1.29, 1.82) is 0 Å². The van der Waals surface area contributed by atoms with Gasteiger partial charge in [-0.25, -0.2) is 0 Å². The van der Waals surface area contributed by atoms with E-state index in [4.69, 9.17) is 4.42 Å². The largest absolute Gasteiger partial charge is 0.456 e. The van der Waals surface area contributed by atoms with E-state index in [0.29, 0.717) is 0 Å². The lowest BCUT2D eigenvalue weighted by Gasteiger charge is -2.13. The van der Waals surface area contributed by atoms with E-state index in [-0.39, 0.29) is 0 Å². The number of fused-ring (bicyclic) bond motifs is 16. The molecule has 2 heteroatoms. The zero-order valence-corrected chi connectivity index (χ0v) is 33.1. The molecule has 274 valence electrons. The van der Waals surface area contributed by atoms with Gasteiger partial charge < -0.3 is 4.42 Å². The highest BCUT2D eigenvalue weighted by atomic mass is 32.1. The fraction of sp³-hybridized carbons (Fsp3) is 0.0175. The van der Waals surface area contributed by atoms with Crippen LogP contribution in [0.5, 0.6) is 0 Å². The van der Waals surface area contributed by atoms with Crippen LogP contribution in [-0.4, -0.2) is 0 Å². The van der Waals surface area contributed by atoms with Gasteiger partial charge in [-0.3, -0.25) is 0 Å². The standard InChI is InChI=1S/C57H34OS/c1-3-10-32-20-28-53-55(36(32)4-2)47-25-24-46-41-21-17-33(29-48(41)40-13-7-8-14-44(40)56(46)57(47)59-53)34-18-26-51-49(30-34)50-31-35(19-27-52(50)58-51)37-22-23-45-39-12-6-5-11-38(39)43-16-9-15-42(37)54(43)45/h3-31H,2H2,1H3/b10-3-. The van der Waals surface area contributed by atoms with Gasteiger partial charge in [0.25, 0.3) is 0 Å². The van der Waals surface area contributed by atoms with Gasteiger partial charge in [0, 0.05) is 36.3 Å². The quantitative estimate of drug-likeness (QED) is 0.163. The Kier molecular flexibility index (Phi) is 6.74. The lowest BCUT2D eigenvalue weighted by atomic mass is 9.90. The molecule has 1 aliphatic rings. The minimum Gasteiger partial charge on any atom is -0.456 e. The minimum atomic E-state index is 0.902. The highest BCUT2D eigenvalue weighted by molar-refractivity contribution is 7.27. The number of allylic oxidation sites excluding steroid dienone is 1. The summed E-state index contributed by atoms with van der Waals surface area (Å²) >= 11 is 1.89. The highest BCUT2D eigenvalue weighted by Gasteiger charge is 2.23. The van der Waals surface area contributed by atoms with Gasteiger partial charge in [-0.1, -0.05) is 146 Å². The smallest absolute Gasteiger partial charge is 0.135 e. The Morgan fingerprint density at radius 3 is 1.83 bits per heavy atom. The molecule has 0 spiro atoms. The SMILES string of the molecule is C=Cc1c(/C=C\C)ccc2sc3c(ccc4c5ccc(-c6ccc7oc8ccc(-c9ccc%10c%11c(cccc9%11)-c9ccccc9-%10)cc8c7c6)cc5c5ccccc5c43)c12. The van der Waals surface area contributed by atoms with E-state index in [1.54, 1.807) is 0 Å². The number of thiophene rings is 1. The van der Waals surface area contributed by atoms with Crippen molar-refractivity contribution in [3.63, 3.8) is 0 Å². The monoisotopic (exact) mass is 766 g/mol. The fourth-order valence-corrected chi connectivity index (χ4v) is 11.6. The Labute approximate surface area is 344 Å². The first kappa shape index (κ1) is 32.8. The van der Waals surface area contributed by atoms with Crippen molar-refractivity contribution >= 4 is 109 Å². The van der Waals surface area contributed by atoms with E-state index in [1.807, 2.05) is 17.4 Å². The van der Waals surface area contributed by atoms with Crippen molar-refractivity contribution in [3.8, 4) is 44.5 Å². The van der Waals surface area contributed by atoms with Crippen LogP contribution in [0.4, 0.5) is 0 Å². The number of hydrogen-bond donors (Lipinski definition) is 0. The molecule has 1 nitrogen and oxygen atoms in total. The van der Waals surface area contributed by atoms with E-state index < -0.39 is 0 Å². The Bertz CT molecular complexity index is 3820. The third kappa shape index (κ3) is 4.50. The lowest BCUT2D eigenvalue weighted by Crippen LogP contribution is -1.86. The first-order valence-corrected chi connectivity index (χ1v) is 21.1. The molecule has 2 aromatic heterocycles. The first-order chi connectivity index (χ1) is 29.2. The molecule has 10 aromatic carbocycles. The van der Waals surface area contributed by atoms with Gasteiger partial charge in [0.1, 0.15) is 11.2 Å². The van der Waals surface area contributed by atoms with Gasteiger partial charge >= 0.3 is 0 Å². The summed E-state index contributed by atoms with van der Waals surface area (Å²) in [5.74, 6) is 0. The van der Waals surface area contributed by atoms with Crippen LogP contribution in [0.1, 0.15) is 18.1 Å². The van der Waals surface area contributed by atoms with Gasteiger partial charge in [-0.2, -0.15) is 0 Å². The van der Waals surface area contributed by atoms with Crippen LogP contribution < -0.4 is 0 Å². The first-order valence-electron chi connectivity index (χ1n) is 20.3. The molecule has 0 radical (unpaired) electrons. The second-order valence-electron chi connectivity index (χ2n) is 15.9. The topological polar surface area (TPSA) is 13.1 Å². The van der Waals surface area contributed by atoms with Crippen LogP contribution in [0.3, 0.4) is 0 Å². The van der Waals surface area contributed by atoms with E-state index in [0.717, 1.165) is 21.9 Å². The Morgan fingerprint density at radius 1 is 0.441 bits per heavy atom. The van der Waals surface area contributed by atoms with Gasteiger partial charge in [0.15, 0.2) is 0 Å². The third-order valence-electron chi connectivity index (χ3n) is 12.9. The maximum absolute atomic E-state index is 6.47. The van der Waals surface area contributed by atoms with Crippen molar-refractivity contribution < 1.29 is 4.42 Å². The van der Waals surface area contributed by atoms with Gasteiger partial charge in [-0.05, 0) is 137 Å². The predicted octanol–water partition coefficient (Wildman–Crippen LogP) is 17.2. The molecule has 0 bridgehead atoms. The number of furan rings is 1. The summed E-state index contributed by atoms with van der Waals surface area (Å²) in [5.41, 5.74) is 14.3. The maximum atomic E-state index is 6.47. The summed E-state index contributed by atoms with van der Waals surface area (Å²) in [6.45, 7) is 6.30. The van der Waals surface area contributed by atoms with Crippen LogP contribution in [0, 0.1) is 0 Å². The van der Waals surface area contributed by atoms with Crippen LogP contribution in [0.15, 0.2) is 175 Å². The minimum absolute atomic E-state index is 0.902. The Hall–Kier alpha value is -7.26. The summed E-state index contributed by atoms with van der Waals surface area (Å²) in [4.78, 5) is 0. The molecule has 13 rings (SSSR count). The molecule has 0 fully saturated rings. The van der Waals surface area contributed by atoms with E-state index in [1.165, 1.54) is 119 Å². The van der Waals surface area contributed by atoms with Gasteiger partial charge in [0.2, 0.25) is 0 Å². The molecule has 12 aromatic rings. The van der Waals surface area contributed by atoms with E-state index >= 15 is 0 Å². The highest BCUT2D eigenvalue weighted by Crippen LogP contribution is 2.50. The normalized spacial score (nSPS) is 12.5. The summed E-state index contributed by atoms with van der Waals surface area (Å²) in [6, 6.07) is 58.6. The summed E-state index contributed by atoms with van der Waals surface area (Å²) < 4.78 is 9.10. The van der Waals surface area contributed by atoms with Crippen LogP contribution in [-0.2, 0) is 0 Å². The Balaban J connectivity index is 0.976. The molecule has 59 heavy (non-hydrogen) atoms. The van der Waals surface area contributed by atoms with Crippen LogP contribution in [0.2, 0.25) is 0 Å². The number of hydrogen-bond acceptors (Lipinski definition) is 2. The zero-order valence-electron chi connectivity index (χ0n) is 32.3. The van der Waals surface area contributed by atoms with Gasteiger partial charge in [-0.15, -0.1) is 11.3 Å². The predicted molar refractivity (Wildman–Crippen MR) is 257 cm³/mol. The molecule has 0 amide bonds. The molecule has 1 aliphatic carbocycles. The molecule has 2 heterocycles. The second-order valence-corrected chi connectivity index (χ2v) is 16.9.